The molecule has 0 aliphatic carbocycles. The zero-order valence-corrected chi connectivity index (χ0v) is 8.97. The van der Waals surface area contributed by atoms with Gasteiger partial charge in [-0.2, -0.15) is 0 Å². The molecule has 0 aromatic heterocycles. The average Bonchev–Trinajstić information content (AvgIpc) is 2.19. The Labute approximate surface area is 90.5 Å². The fourth-order valence-corrected chi connectivity index (χ4v) is 0.955. The molecule has 0 unspecified atom stereocenters. The van der Waals surface area contributed by atoms with Gasteiger partial charge in [0, 0.05) is 6.07 Å². The van der Waals surface area contributed by atoms with Crippen molar-refractivity contribution in [2.75, 3.05) is 7.11 Å². The molecule has 1 aromatic rings. The van der Waals surface area contributed by atoms with Gasteiger partial charge in [0.25, 0.3) is 0 Å². The minimum absolute atomic E-state index is 0.255. The van der Waals surface area contributed by atoms with E-state index >= 15 is 0 Å². The number of carbonyl (C=O) groups is 1. The van der Waals surface area contributed by atoms with Crippen LogP contribution in [0.2, 0.25) is 0 Å². The molecule has 0 aliphatic heterocycles. The molecule has 0 saturated heterocycles. The maximum Gasteiger partial charge on any atom is 0.341 e. The smallest absolute Gasteiger partial charge is 0.341 e. The maximum absolute atomic E-state index is 13.1. The van der Waals surface area contributed by atoms with Gasteiger partial charge < -0.3 is 9.84 Å². The quantitative estimate of drug-likeness (QED) is 0.858. The number of carboxylic acids is 1. The van der Waals surface area contributed by atoms with E-state index in [-0.39, 0.29) is 6.07 Å². The van der Waals surface area contributed by atoms with Gasteiger partial charge in [-0.25, -0.2) is 18.0 Å². The third-order valence-electron chi connectivity index (χ3n) is 1.55. The van der Waals surface area contributed by atoms with E-state index in [0.29, 0.717) is 0 Å². The molecule has 0 fully saturated rings. The number of ether oxygens (including phenoxy) is 1. The van der Waals surface area contributed by atoms with Crippen molar-refractivity contribution in [1.82, 2.24) is 0 Å². The van der Waals surface area contributed by atoms with Crippen molar-refractivity contribution in [2.24, 2.45) is 0 Å². The molecule has 0 bridgehead atoms. The van der Waals surface area contributed by atoms with Crippen LogP contribution in [0.5, 0.6) is 5.75 Å². The fraction of sp³-hybridized carbons (Fsp3) is 0.300. The van der Waals surface area contributed by atoms with Crippen molar-refractivity contribution >= 4 is 5.97 Å². The van der Waals surface area contributed by atoms with Crippen LogP contribution in [0.25, 0.3) is 0 Å². The van der Waals surface area contributed by atoms with Gasteiger partial charge in [-0.1, -0.05) is 13.8 Å². The van der Waals surface area contributed by atoms with Crippen LogP contribution < -0.4 is 4.74 Å². The number of hydrogen-bond acceptors (Lipinski definition) is 2. The lowest BCUT2D eigenvalue weighted by Crippen LogP contribution is -2.07. The molecule has 3 nitrogen and oxygen atoms in total. The normalized spacial score (nSPS) is 9.12. The molecule has 1 aromatic carbocycles. The van der Waals surface area contributed by atoms with Gasteiger partial charge in [0.1, 0.15) is 11.4 Å². The summed E-state index contributed by atoms with van der Waals surface area (Å²) in [5, 5.41) is 8.40. The van der Waals surface area contributed by atoms with Crippen LogP contribution >= 0.6 is 0 Å². The van der Waals surface area contributed by atoms with Crippen molar-refractivity contribution in [3.05, 3.63) is 29.1 Å². The Morgan fingerprint density at radius 3 is 2.12 bits per heavy atom. The van der Waals surface area contributed by atoms with Crippen LogP contribution in [0.3, 0.4) is 0 Å². The predicted molar refractivity (Wildman–Crippen MR) is 51.2 cm³/mol. The minimum Gasteiger partial charge on any atom is -0.491 e. The lowest BCUT2D eigenvalue weighted by Gasteiger charge is -2.06. The third-order valence-corrected chi connectivity index (χ3v) is 1.55. The second-order valence-corrected chi connectivity index (χ2v) is 2.37. The second-order valence-electron chi connectivity index (χ2n) is 2.37. The van der Waals surface area contributed by atoms with Gasteiger partial charge in [-0.3, -0.25) is 0 Å². The Kier molecular flexibility index (Phi) is 5.35. The molecule has 0 amide bonds. The van der Waals surface area contributed by atoms with Crippen LogP contribution in [0, 0.1) is 17.5 Å². The van der Waals surface area contributed by atoms with E-state index in [2.05, 4.69) is 4.74 Å². The van der Waals surface area contributed by atoms with E-state index in [0.717, 1.165) is 7.11 Å². The Balaban J connectivity index is 0.00000106. The number of methoxy groups -OCH3 is 1. The van der Waals surface area contributed by atoms with E-state index < -0.39 is 34.7 Å². The van der Waals surface area contributed by atoms with E-state index in [9.17, 15) is 18.0 Å². The molecule has 0 heterocycles. The van der Waals surface area contributed by atoms with Gasteiger partial charge in [0.05, 0.1) is 7.11 Å². The molecule has 0 spiro atoms. The summed E-state index contributed by atoms with van der Waals surface area (Å²) in [7, 11) is 0.949. The summed E-state index contributed by atoms with van der Waals surface area (Å²) >= 11 is 0. The highest BCUT2D eigenvalue weighted by atomic mass is 19.1. The molecule has 0 atom stereocenters. The number of carboxylic acid groups (broad SMARTS) is 1. The standard InChI is InChI=1S/C8H5F3O3.C2H6/c1-14-7-4(10)2-3(9)5(6(7)11)8(12)13;1-2/h2H,1H3,(H,12,13);1-2H3. The molecule has 1 rings (SSSR count). The van der Waals surface area contributed by atoms with Crippen molar-refractivity contribution in [1.29, 1.82) is 0 Å². The number of rotatable bonds is 2. The van der Waals surface area contributed by atoms with Crippen LogP contribution in [-0.2, 0) is 0 Å². The van der Waals surface area contributed by atoms with E-state index in [4.69, 9.17) is 5.11 Å². The third kappa shape index (κ3) is 2.65. The van der Waals surface area contributed by atoms with E-state index in [1.165, 1.54) is 0 Å². The van der Waals surface area contributed by atoms with Crippen LogP contribution in [0.4, 0.5) is 13.2 Å². The summed E-state index contributed by atoms with van der Waals surface area (Å²) in [6.45, 7) is 4.00. The Morgan fingerprint density at radius 2 is 1.75 bits per heavy atom. The molecular formula is C10H11F3O3. The average molecular weight is 236 g/mol. The summed E-state index contributed by atoms with van der Waals surface area (Å²) in [5.74, 6) is -7.06. The number of halogens is 3. The first kappa shape index (κ1) is 14.3. The first-order valence-corrected chi connectivity index (χ1v) is 4.43. The summed E-state index contributed by atoms with van der Waals surface area (Å²) in [4.78, 5) is 10.4. The maximum atomic E-state index is 13.1. The Bertz CT molecular complexity index is 391. The first-order valence-electron chi connectivity index (χ1n) is 4.43. The Hall–Kier alpha value is -1.72. The van der Waals surface area contributed by atoms with Gasteiger partial charge in [0.2, 0.25) is 0 Å². The molecule has 0 saturated carbocycles. The largest absolute Gasteiger partial charge is 0.491 e. The number of benzene rings is 1. The van der Waals surface area contributed by atoms with E-state index in [1.54, 1.807) is 0 Å². The number of hydrogen-bond donors (Lipinski definition) is 1. The lowest BCUT2D eigenvalue weighted by atomic mass is 10.2. The Morgan fingerprint density at radius 1 is 1.25 bits per heavy atom. The molecule has 1 N–H and O–H groups in total. The summed E-state index contributed by atoms with van der Waals surface area (Å²) in [6, 6.07) is 0.255. The van der Waals surface area contributed by atoms with Gasteiger partial charge in [-0.15, -0.1) is 0 Å². The fourth-order valence-electron chi connectivity index (χ4n) is 0.955. The monoisotopic (exact) mass is 236 g/mol. The molecule has 0 aliphatic rings. The topological polar surface area (TPSA) is 46.5 Å². The summed E-state index contributed by atoms with van der Waals surface area (Å²) in [5.41, 5.74) is -1.23. The summed E-state index contributed by atoms with van der Waals surface area (Å²) < 4.78 is 42.8. The van der Waals surface area contributed by atoms with E-state index in [1.807, 2.05) is 13.8 Å². The predicted octanol–water partition coefficient (Wildman–Crippen LogP) is 2.84. The van der Waals surface area contributed by atoms with Crippen molar-refractivity contribution in [3.8, 4) is 5.75 Å². The molecule has 90 valence electrons. The zero-order valence-electron chi connectivity index (χ0n) is 8.97. The highest BCUT2D eigenvalue weighted by Gasteiger charge is 2.24. The molecule has 0 radical (unpaired) electrons. The molecular weight excluding hydrogens is 225 g/mol. The van der Waals surface area contributed by atoms with Crippen LogP contribution in [0.1, 0.15) is 24.2 Å². The molecule has 6 heteroatoms. The van der Waals surface area contributed by atoms with Crippen molar-refractivity contribution in [2.45, 2.75) is 13.8 Å². The van der Waals surface area contributed by atoms with Crippen molar-refractivity contribution in [3.63, 3.8) is 0 Å². The van der Waals surface area contributed by atoms with Crippen molar-refractivity contribution < 1.29 is 27.8 Å². The highest BCUT2D eigenvalue weighted by molar-refractivity contribution is 5.88. The van der Waals surface area contributed by atoms with Gasteiger partial charge in [0.15, 0.2) is 17.4 Å². The van der Waals surface area contributed by atoms with Crippen LogP contribution in [0.15, 0.2) is 6.07 Å². The number of aromatic carboxylic acids is 1. The highest BCUT2D eigenvalue weighted by Crippen LogP contribution is 2.26. The van der Waals surface area contributed by atoms with Gasteiger partial charge in [-0.05, 0) is 0 Å². The summed E-state index contributed by atoms with van der Waals surface area (Å²) in [6.07, 6.45) is 0. The SMILES string of the molecule is CC.COc1c(F)cc(F)c(C(=O)O)c1F. The molecule has 16 heavy (non-hydrogen) atoms. The minimum atomic E-state index is -1.82. The first-order chi connectivity index (χ1) is 7.49. The van der Waals surface area contributed by atoms with Gasteiger partial charge >= 0.3 is 5.97 Å². The zero-order chi connectivity index (χ0) is 12.9. The lowest BCUT2D eigenvalue weighted by molar-refractivity contribution is 0.0685. The second kappa shape index (κ2) is 5.99. The van der Waals surface area contributed by atoms with Crippen LogP contribution in [-0.4, -0.2) is 18.2 Å².